The van der Waals surface area contributed by atoms with E-state index in [0.717, 1.165) is 17.9 Å². The largest absolute Gasteiger partial charge is 0.396 e. The lowest BCUT2D eigenvalue weighted by molar-refractivity contribution is 0.704. The molecule has 4 N–H and O–H groups in total. The van der Waals surface area contributed by atoms with Crippen LogP contribution in [0.1, 0.15) is 30.8 Å². The van der Waals surface area contributed by atoms with Crippen molar-refractivity contribution in [2.24, 2.45) is 0 Å². The summed E-state index contributed by atoms with van der Waals surface area (Å²) in [5.74, 6) is 0.860. The molecule has 0 saturated heterocycles. The summed E-state index contributed by atoms with van der Waals surface area (Å²) in [5, 5.41) is 12.2. The Balaban J connectivity index is 2.26. The number of aromatic nitrogens is 2. The summed E-state index contributed by atoms with van der Waals surface area (Å²) in [7, 11) is 0. The first-order valence-corrected chi connectivity index (χ1v) is 5.80. The van der Waals surface area contributed by atoms with Crippen molar-refractivity contribution in [1.82, 2.24) is 9.97 Å². The molecule has 5 heteroatoms. The fourth-order valence-electron chi connectivity index (χ4n) is 1.81. The predicted molar refractivity (Wildman–Crippen MR) is 70.8 cm³/mol. The van der Waals surface area contributed by atoms with Crippen LogP contribution >= 0.6 is 0 Å². The monoisotopic (exact) mass is 241 g/mol. The minimum Gasteiger partial charge on any atom is -0.396 e. The second kappa shape index (κ2) is 5.23. The maximum Gasteiger partial charge on any atom is 0.128 e. The minimum atomic E-state index is 0.0521. The number of nitrogens with zero attached hydrogens (tertiary/aromatic N) is 2. The van der Waals surface area contributed by atoms with Gasteiger partial charge in [-0.3, -0.25) is 0 Å². The molecule has 1 unspecified atom stereocenters. The van der Waals surface area contributed by atoms with Gasteiger partial charge in [-0.2, -0.15) is 5.26 Å². The summed E-state index contributed by atoms with van der Waals surface area (Å²) in [6.07, 6.45) is 4.37. The molecule has 1 aromatic carbocycles. The van der Waals surface area contributed by atoms with Crippen LogP contribution in [0.3, 0.4) is 0 Å². The maximum absolute atomic E-state index is 8.94. The lowest BCUT2D eigenvalue weighted by Crippen LogP contribution is -2.13. The third-order valence-corrected chi connectivity index (χ3v) is 2.81. The lowest BCUT2D eigenvalue weighted by Gasteiger charge is -2.17. The van der Waals surface area contributed by atoms with Crippen molar-refractivity contribution in [1.29, 1.82) is 5.26 Å². The number of anilines is 2. The topological polar surface area (TPSA) is 90.5 Å². The molecule has 0 radical (unpaired) electrons. The fraction of sp³-hybridized carbons (Fsp3) is 0.231. The van der Waals surface area contributed by atoms with E-state index in [4.69, 9.17) is 11.0 Å². The van der Waals surface area contributed by atoms with E-state index < -0.39 is 0 Å². The van der Waals surface area contributed by atoms with E-state index >= 15 is 0 Å². The molecular weight excluding hydrogens is 226 g/mol. The molecule has 92 valence electrons. The quantitative estimate of drug-likeness (QED) is 0.717. The number of imidazole rings is 1. The summed E-state index contributed by atoms with van der Waals surface area (Å²) >= 11 is 0. The second-order valence-electron chi connectivity index (χ2n) is 3.96. The Kier molecular flexibility index (Phi) is 3.49. The van der Waals surface area contributed by atoms with Gasteiger partial charge in [-0.05, 0) is 18.6 Å². The molecule has 1 aromatic heterocycles. The number of H-pyrrole nitrogens is 1. The number of nitrogens with one attached hydrogen (secondary N) is 2. The lowest BCUT2D eigenvalue weighted by atomic mass is 10.1. The van der Waals surface area contributed by atoms with Gasteiger partial charge in [-0.15, -0.1) is 0 Å². The zero-order valence-corrected chi connectivity index (χ0v) is 10.1. The van der Waals surface area contributed by atoms with Gasteiger partial charge in [0.2, 0.25) is 0 Å². The Morgan fingerprint density at radius 2 is 2.39 bits per heavy atom. The highest BCUT2D eigenvalue weighted by Gasteiger charge is 2.13. The molecule has 0 fully saturated rings. The Hall–Kier alpha value is -2.48. The third kappa shape index (κ3) is 2.28. The Bertz CT molecular complexity index is 553. The Morgan fingerprint density at radius 1 is 1.56 bits per heavy atom. The van der Waals surface area contributed by atoms with Gasteiger partial charge in [-0.1, -0.05) is 13.0 Å². The molecular formula is C13H15N5. The number of para-hydroxylation sites is 1. The number of aromatic amines is 1. The van der Waals surface area contributed by atoms with E-state index in [9.17, 15) is 0 Å². The molecule has 5 nitrogen and oxygen atoms in total. The van der Waals surface area contributed by atoms with Gasteiger partial charge >= 0.3 is 0 Å². The summed E-state index contributed by atoms with van der Waals surface area (Å²) < 4.78 is 0. The highest BCUT2D eigenvalue weighted by atomic mass is 15.0. The molecule has 1 atom stereocenters. The number of hydrogen-bond acceptors (Lipinski definition) is 4. The van der Waals surface area contributed by atoms with E-state index in [-0.39, 0.29) is 6.04 Å². The maximum atomic E-state index is 8.94. The zero-order chi connectivity index (χ0) is 13.0. The fourth-order valence-corrected chi connectivity index (χ4v) is 1.81. The molecule has 0 amide bonds. The normalized spacial score (nSPS) is 11.8. The van der Waals surface area contributed by atoms with Crippen molar-refractivity contribution in [2.75, 3.05) is 11.1 Å². The summed E-state index contributed by atoms with van der Waals surface area (Å²) in [6, 6.07) is 7.50. The summed E-state index contributed by atoms with van der Waals surface area (Å²) in [6.45, 7) is 2.06. The van der Waals surface area contributed by atoms with Crippen LogP contribution in [0.25, 0.3) is 0 Å². The van der Waals surface area contributed by atoms with Gasteiger partial charge in [0.05, 0.1) is 23.0 Å². The molecule has 0 aliphatic rings. The Morgan fingerprint density at radius 3 is 3.00 bits per heavy atom. The third-order valence-electron chi connectivity index (χ3n) is 2.81. The number of nitriles is 1. The first kappa shape index (κ1) is 12.0. The summed E-state index contributed by atoms with van der Waals surface area (Å²) in [5.41, 5.74) is 7.65. The van der Waals surface area contributed by atoms with E-state index in [1.54, 1.807) is 18.5 Å². The molecule has 0 spiro atoms. The Labute approximate surface area is 106 Å². The second-order valence-corrected chi connectivity index (χ2v) is 3.96. The standard InChI is InChI=1S/C13H15N5/c1-2-10(13-16-6-7-17-13)18-11-5-3-4-9(8-14)12(11)15/h3-7,10,18H,2,15H2,1H3,(H,16,17). The predicted octanol–water partition coefficient (Wildman–Crippen LogP) is 2.43. The molecule has 0 aliphatic carbocycles. The minimum absolute atomic E-state index is 0.0521. The number of rotatable bonds is 4. The summed E-state index contributed by atoms with van der Waals surface area (Å²) in [4.78, 5) is 7.31. The van der Waals surface area contributed by atoms with Crippen LogP contribution in [0.4, 0.5) is 11.4 Å². The van der Waals surface area contributed by atoms with Crippen molar-refractivity contribution < 1.29 is 0 Å². The van der Waals surface area contributed by atoms with Crippen molar-refractivity contribution >= 4 is 11.4 Å². The van der Waals surface area contributed by atoms with Gasteiger partial charge in [0.15, 0.2) is 0 Å². The number of benzene rings is 1. The smallest absolute Gasteiger partial charge is 0.128 e. The van der Waals surface area contributed by atoms with Crippen molar-refractivity contribution in [3.8, 4) is 6.07 Å². The van der Waals surface area contributed by atoms with Gasteiger partial charge in [0, 0.05) is 12.4 Å². The van der Waals surface area contributed by atoms with Gasteiger partial charge < -0.3 is 16.0 Å². The van der Waals surface area contributed by atoms with Gasteiger partial charge in [0.1, 0.15) is 11.9 Å². The first-order chi connectivity index (χ1) is 8.76. The highest BCUT2D eigenvalue weighted by molar-refractivity contribution is 5.73. The first-order valence-electron chi connectivity index (χ1n) is 5.80. The van der Waals surface area contributed by atoms with Crippen molar-refractivity contribution in [3.05, 3.63) is 42.0 Å². The number of nitrogen functional groups attached to an aromatic ring is 1. The number of hydrogen-bond donors (Lipinski definition) is 3. The van der Waals surface area contributed by atoms with Crippen LogP contribution in [0, 0.1) is 11.3 Å². The van der Waals surface area contributed by atoms with E-state index in [2.05, 4.69) is 28.3 Å². The van der Waals surface area contributed by atoms with Crippen LogP contribution < -0.4 is 11.1 Å². The molecule has 1 heterocycles. The van der Waals surface area contributed by atoms with E-state index in [1.165, 1.54) is 0 Å². The molecule has 0 saturated carbocycles. The molecule has 0 bridgehead atoms. The average molecular weight is 241 g/mol. The van der Waals surface area contributed by atoms with E-state index in [0.29, 0.717) is 11.3 Å². The number of nitrogens with two attached hydrogens (primary N) is 1. The van der Waals surface area contributed by atoms with Crippen LogP contribution in [0.15, 0.2) is 30.6 Å². The SMILES string of the molecule is CCC(Nc1cccc(C#N)c1N)c1ncc[nH]1. The van der Waals surface area contributed by atoms with Gasteiger partial charge in [-0.25, -0.2) is 4.98 Å². The van der Waals surface area contributed by atoms with E-state index in [1.807, 2.05) is 12.1 Å². The van der Waals surface area contributed by atoms with Crippen LogP contribution in [0.5, 0.6) is 0 Å². The van der Waals surface area contributed by atoms with Gasteiger partial charge in [0.25, 0.3) is 0 Å². The van der Waals surface area contributed by atoms with Crippen LogP contribution in [-0.4, -0.2) is 9.97 Å². The van der Waals surface area contributed by atoms with Crippen molar-refractivity contribution in [3.63, 3.8) is 0 Å². The van der Waals surface area contributed by atoms with Crippen LogP contribution in [-0.2, 0) is 0 Å². The molecule has 2 rings (SSSR count). The highest BCUT2D eigenvalue weighted by Crippen LogP contribution is 2.27. The van der Waals surface area contributed by atoms with Crippen LogP contribution in [0.2, 0.25) is 0 Å². The molecule has 18 heavy (non-hydrogen) atoms. The molecule has 0 aliphatic heterocycles. The van der Waals surface area contributed by atoms with Crippen molar-refractivity contribution in [2.45, 2.75) is 19.4 Å². The molecule has 2 aromatic rings. The average Bonchev–Trinajstić information content (AvgIpc) is 2.91. The zero-order valence-electron chi connectivity index (χ0n) is 10.1.